The molecule has 1 aliphatic rings. The summed E-state index contributed by atoms with van der Waals surface area (Å²) in [4.78, 5) is 30.1. The number of rotatable bonds is 11. The first-order valence-electron chi connectivity index (χ1n) is 10.5. The van der Waals surface area contributed by atoms with Crippen LogP contribution >= 0.6 is 0 Å². The molecule has 1 N–H and O–H groups in total. The van der Waals surface area contributed by atoms with Crippen LogP contribution in [0, 0.1) is 5.92 Å². The molecule has 0 saturated carbocycles. The van der Waals surface area contributed by atoms with Crippen LogP contribution in [0.2, 0.25) is 0 Å². The Morgan fingerprint density at radius 2 is 1.67 bits per heavy atom. The van der Waals surface area contributed by atoms with Crippen molar-refractivity contribution in [1.82, 2.24) is 10.2 Å². The molecule has 0 bridgehead atoms. The van der Waals surface area contributed by atoms with Gasteiger partial charge in [-0.3, -0.25) is 14.6 Å². The fourth-order valence-corrected chi connectivity index (χ4v) is 3.17. The molecule has 0 radical (unpaired) electrons. The fraction of sp³-hybridized carbons (Fsp3) is 0.850. The van der Waals surface area contributed by atoms with Gasteiger partial charge in [0.05, 0.1) is 19.1 Å². The first-order valence-corrected chi connectivity index (χ1v) is 10.5. The monoisotopic (exact) mass is 383 g/mol. The molecule has 0 aliphatic carbocycles. The van der Waals surface area contributed by atoms with Gasteiger partial charge in [-0.2, -0.15) is 0 Å². The number of aliphatic imine (C=N–C) groups is 1. The van der Waals surface area contributed by atoms with Crippen molar-refractivity contribution in [3.05, 3.63) is 0 Å². The summed E-state index contributed by atoms with van der Waals surface area (Å²) >= 11 is 0. The summed E-state index contributed by atoms with van der Waals surface area (Å²) in [6, 6.07) is 0. The van der Waals surface area contributed by atoms with Crippen LogP contribution in [0.15, 0.2) is 4.99 Å². The van der Waals surface area contributed by atoms with Crippen LogP contribution in [-0.2, 0) is 19.1 Å². The van der Waals surface area contributed by atoms with E-state index in [9.17, 15) is 9.59 Å². The van der Waals surface area contributed by atoms with Crippen molar-refractivity contribution >= 4 is 17.9 Å². The van der Waals surface area contributed by atoms with Crippen molar-refractivity contribution in [3.8, 4) is 0 Å². The van der Waals surface area contributed by atoms with Gasteiger partial charge in [0.25, 0.3) is 0 Å². The Hall–Kier alpha value is -1.79. The third kappa shape index (κ3) is 9.63. The van der Waals surface area contributed by atoms with E-state index in [2.05, 4.69) is 17.1 Å². The molecule has 156 valence electrons. The normalized spacial score (nSPS) is 15.5. The second-order valence-corrected chi connectivity index (χ2v) is 6.72. The van der Waals surface area contributed by atoms with E-state index in [1.165, 1.54) is 0 Å². The lowest BCUT2D eigenvalue weighted by atomic mass is 9.97. The number of likely N-dealkylation sites (tertiary alicyclic amines) is 1. The van der Waals surface area contributed by atoms with Gasteiger partial charge in [0.2, 0.25) is 0 Å². The number of hydrogen-bond donors (Lipinski definition) is 1. The summed E-state index contributed by atoms with van der Waals surface area (Å²) in [5, 5.41) is 3.35. The molecule has 1 fully saturated rings. The molecular formula is C20H37N3O4. The first-order chi connectivity index (χ1) is 13.1. The smallest absolute Gasteiger partial charge is 0.309 e. The zero-order valence-corrected chi connectivity index (χ0v) is 17.3. The van der Waals surface area contributed by atoms with Crippen LogP contribution in [-0.4, -0.2) is 62.2 Å². The zero-order valence-electron chi connectivity index (χ0n) is 17.3. The van der Waals surface area contributed by atoms with E-state index >= 15 is 0 Å². The minimum absolute atomic E-state index is 0.0171. The average Bonchev–Trinajstić information content (AvgIpc) is 2.67. The van der Waals surface area contributed by atoms with Gasteiger partial charge in [0, 0.05) is 32.6 Å². The first kappa shape index (κ1) is 23.2. The largest absolute Gasteiger partial charge is 0.466 e. The Bertz CT molecular complexity index is 460. The highest BCUT2D eigenvalue weighted by atomic mass is 16.5. The van der Waals surface area contributed by atoms with Crippen molar-refractivity contribution in [2.24, 2.45) is 10.9 Å². The lowest BCUT2D eigenvalue weighted by Crippen LogP contribution is -2.46. The van der Waals surface area contributed by atoms with E-state index in [-0.39, 0.29) is 17.9 Å². The molecular weight excluding hydrogens is 346 g/mol. The van der Waals surface area contributed by atoms with Crippen LogP contribution < -0.4 is 5.32 Å². The fourth-order valence-electron chi connectivity index (χ4n) is 3.17. The number of unbranched alkanes of at least 4 members (excludes halogenated alkanes) is 3. The van der Waals surface area contributed by atoms with Crippen LogP contribution in [0.3, 0.4) is 0 Å². The maximum Gasteiger partial charge on any atom is 0.309 e. The highest BCUT2D eigenvalue weighted by molar-refractivity contribution is 5.80. The molecule has 1 rings (SSSR count). The summed E-state index contributed by atoms with van der Waals surface area (Å²) in [5.74, 6) is 0.785. The Labute approximate surface area is 163 Å². The second kappa shape index (κ2) is 14.3. The van der Waals surface area contributed by atoms with E-state index in [1.54, 1.807) is 0 Å². The predicted octanol–water partition coefficient (Wildman–Crippen LogP) is 2.74. The topological polar surface area (TPSA) is 80.2 Å². The zero-order chi connectivity index (χ0) is 19.9. The number of guanidine groups is 1. The highest BCUT2D eigenvalue weighted by Crippen LogP contribution is 2.18. The number of nitrogens with zero attached hydrogens (tertiary/aromatic N) is 2. The number of esters is 2. The highest BCUT2D eigenvalue weighted by Gasteiger charge is 2.27. The maximum atomic E-state index is 11.9. The molecule has 0 unspecified atom stereocenters. The summed E-state index contributed by atoms with van der Waals surface area (Å²) in [5.41, 5.74) is 0. The van der Waals surface area contributed by atoms with Gasteiger partial charge in [-0.15, -0.1) is 0 Å². The molecule has 1 aliphatic heterocycles. The molecule has 0 amide bonds. The third-order valence-corrected chi connectivity index (χ3v) is 4.61. The van der Waals surface area contributed by atoms with Crippen LogP contribution in [0.25, 0.3) is 0 Å². The summed E-state index contributed by atoms with van der Waals surface area (Å²) < 4.78 is 10.1. The molecule has 0 aromatic heterocycles. The average molecular weight is 384 g/mol. The Kier molecular flexibility index (Phi) is 12.3. The molecule has 27 heavy (non-hydrogen) atoms. The van der Waals surface area contributed by atoms with Crippen molar-refractivity contribution in [3.63, 3.8) is 0 Å². The van der Waals surface area contributed by atoms with Gasteiger partial charge in [0.15, 0.2) is 5.96 Å². The standard InChI is InChI=1S/C20H37N3O4/c1-4-21-20(22-14-10-8-7-9-11-18(24)26-5-2)23-15-12-17(13-16-23)19(25)27-6-3/h17H,4-16H2,1-3H3,(H,21,22). The molecule has 0 aromatic carbocycles. The Morgan fingerprint density at radius 1 is 1.00 bits per heavy atom. The molecule has 0 spiro atoms. The molecule has 0 aromatic rings. The summed E-state index contributed by atoms with van der Waals surface area (Å²) in [6.45, 7) is 9.91. The number of nitrogens with one attached hydrogen (secondary N) is 1. The second-order valence-electron chi connectivity index (χ2n) is 6.72. The minimum atomic E-state index is -0.101. The Balaban J connectivity index is 2.28. The lowest BCUT2D eigenvalue weighted by Gasteiger charge is -2.33. The van der Waals surface area contributed by atoms with E-state index < -0.39 is 0 Å². The summed E-state index contributed by atoms with van der Waals surface area (Å²) in [7, 11) is 0. The molecule has 1 heterocycles. The number of hydrogen-bond acceptors (Lipinski definition) is 5. The van der Waals surface area contributed by atoms with E-state index in [0.717, 1.165) is 70.7 Å². The lowest BCUT2D eigenvalue weighted by molar-refractivity contribution is -0.149. The molecule has 1 saturated heterocycles. The molecule has 7 nitrogen and oxygen atoms in total. The predicted molar refractivity (Wildman–Crippen MR) is 107 cm³/mol. The number of ether oxygens (including phenoxy) is 2. The van der Waals surface area contributed by atoms with Crippen LogP contribution in [0.1, 0.15) is 65.7 Å². The van der Waals surface area contributed by atoms with Crippen molar-refractivity contribution < 1.29 is 19.1 Å². The van der Waals surface area contributed by atoms with Gasteiger partial charge in [0.1, 0.15) is 0 Å². The maximum absolute atomic E-state index is 11.9. The van der Waals surface area contributed by atoms with Gasteiger partial charge < -0.3 is 19.7 Å². The minimum Gasteiger partial charge on any atom is -0.466 e. The summed E-state index contributed by atoms with van der Waals surface area (Å²) in [6.07, 6.45) is 6.12. The van der Waals surface area contributed by atoms with Gasteiger partial charge in [-0.1, -0.05) is 12.8 Å². The Morgan fingerprint density at radius 3 is 2.30 bits per heavy atom. The van der Waals surface area contributed by atoms with Gasteiger partial charge >= 0.3 is 11.9 Å². The number of carbonyl (C=O) groups is 2. The van der Waals surface area contributed by atoms with Crippen molar-refractivity contribution in [2.45, 2.75) is 65.7 Å². The van der Waals surface area contributed by atoms with Crippen LogP contribution in [0.4, 0.5) is 0 Å². The quantitative estimate of drug-likeness (QED) is 0.256. The van der Waals surface area contributed by atoms with Crippen molar-refractivity contribution in [2.75, 3.05) is 39.4 Å². The van der Waals surface area contributed by atoms with E-state index in [4.69, 9.17) is 14.5 Å². The molecule has 0 atom stereocenters. The molecule has 7 heteroatoms. The van der Waals surface area contributed by atoms with Gasteiger partial charge in [-0.05, 0) is 46.5 Å². The van der Waals surface area contributed by atoms with E-state index in [1.807, 2.05) is 13.8 Å². The van der Waals surface area contributed by atoms with Crippen LogP contribution in [0.5, 0.6) is 0 Å². The van der Waals surface area contributed by atoms with Gasteiger partial charge in [-0.25, -0.2) is 0 Å². The SMILES string of the molecule is CCNC(=NCCCCCCC(=O)OCC)N1CCC(C(=O)OCC)CC1. The van der Waals surface area contributed by atoms with Crippen molar-refractivity contribution in [1.29, 1.82) is 0 Å². The number of piperidine rings is 1. The number of carbonyl (C=O) groups excluding carboxylic acids is 2. The van der Waals surface area contributed by atoms with E-state index in [0.29, 0.717) is 19.6 Å². The third-order valence-electron chi connectivity index (χ3n) is 4.61.